The molecule has 0 N–H and O–H groups in total. The van der Waals surface area contributed by atoms with E-state index >= 15 is 0 Å². The van der Waals surface area contributed by atoms with Gasteiger partial charge in [-0.15, -0.1) is 0 Å². The lowest BCUT2D eigenvalue weighted by Crippen LogP contribution is -2.40. The van der Waals surface area contributed by atoms with Gasteiger partial charge >= 0.3 is 0 Å². The van der Waals surface area contributed by atoms with Crippen molar-refractivity contribution >= 4 is 11.8 Å². The Balaban J connectivity index is 1.46. The number of carbonyl (C=O) groups excluding carboxylic acids is 2. The van der Waals surface area contributed by atoms with E-state index in [0.29, 0.717) is 11.8 Å². The third-order valence-corrected chi connectivity index (χ3v) is 6.01. The molecule has 3 fully saturated rings. The highest BCUT2D eigenvalue weighted by molar-refractivity contribution is 6.06. The Morgan fingerprint density at radius 1 is 0.955 bits per heavy atom. The second-order valence-corrected chi connectivity index (χ2v) is 7.04. The number of carbonyl (C=O) groups is 2. The molecule has 2 amide bonds. The molecule has 0 unspecified atom stereocenters. The normalized spacial score (nSPS) is 40.9. The van der Waals surface area contributed by atoms with Crippen molar-refractivity contribution in [2.75, 3.05) is 0 Å². The number of hydrogen-bond acceptors (Lipinski definition) is 2. The van der Waals surface area contributed by atoms with Gasteiger partial charge in [0.25, 0.3) is 0 Å². The lowest BCUT2D eigenvalue weighted by atomic mass is 9.63. The third-order valence-electron chi connectivity index (χ3n) is 6.01. The van der Waals surface area contributed by atoms with Crippen LogP contribution in [0.4, 0.5) is 4.39 Å². The van der Waals surface area contributed by atoms with E-state index in [1.807, 2.05) is 0 Å². The standard InChI is InChI=1S/C18H16FNO2/c19-10-3-1-9(2-4-10)8-20-17(21)15-11-5-6-12(14-7-13(11)14)16(15)18(20)22/h1-6,11-16H,7-8H2/t11-,12-,13-,14+,15-,16+/m0/s1. The molecule has 1 aromatic rings. The first-order chi connectivity index (χ1) is 10.6. The average Bonchev–Trinajstić information content (AvgIpc) is 3.30. The summed E-state index contributed by atoms with van der Waals surface area (Å²) >= 11 is 0. The molecule has 6 atom stereocenters. The van der Waals surface area contributed by atoms with Gasteiger partial charge in [-0.3, -0.25) is 14.5 Å². The fourth-order valence-corrected chi connectivity index (χ4v) is 4.95. The lowest BCUT2D eigenvalue weighted by molar-refractivity contribution is -0.140. The molecule has 4 heteroatoms. The van der Waals surface area contributed by atoms with E-state index in [0.717, 1.165) is 5.56 Å². The van der Waals surface area contributed by atoms with E-state index < -0.39 is 0 Å². The molecular weight excluding hydrogens is 281 g/mol. The van der Waals surface area contributed by atoms with Crippen molar-refractivity contribution in [1.29, 1.82) is 0 Å². The fourth-order valence-electron chi connectivity index (χ4n) is 4.95. The number of amides is 2. The maximum absolute atomic E-state index is 13.0. The van der Waals surface area contributed by atoms with Gasteiger partial charge in [-0.2, -0.15) is 0 Å². The molecule has 6 rings (SSSR count). The number of benzene rings is 1. The van der Waals surface area contributed by atoms with Crippen LogP contribution in [0.2, 0.25) is 0 Å². The summed E-state index contributed by atoms with van der Waals surface area (Å²) in [5.74, 6) is 1.12. The van der Waals surface area contributed by atoms with E-state index in [1.165, 1.54) is 23.5 Å². The number of imide groups is 1. The third kappa shape index (κ3) is 1.50. The quantitative estimate of drug-likeness (QED) is 0.621. The molecule has 0 radical (unpaired) electrons. The summed E-state index contributed by atoms with van der Waals surface area (Å²) in [4.78, 5) is 26.9. The molecule has 3 nitrogen and oxygen atoms in total. The molecule has 1 aliphatic heterocycles. The summed E-state index contributed by atoms with van der Waals surface area (Å²) in [7, 11) is 0. The van der Waals surface area contributed by atoms with E-state index in [1.54, 1.807) is 12.1 Å². The van der Waals surface area contributed by atoms with Gasteiger partial charge in [-0.05, 0) is 47.8 Å². The minimum absolute atomic E-state index is 0.0241. The number of allylic oxidation sites excluding steroid dienone is 2. The van der Waals surface area contributed by atoms with Crippen LogP contribution in [0.1, 0.15) is 12.0 Å². The van der Waals surface area contributed by atoms with Crippen LogP contribution < -0.4 is 0 Å². The smallest absolute Gasteiger partial charge is 0.234 e. The van der Waals surface area contributed by atoms with Gasteiger partial charge in [0.05, 0.1) is 18.4 Å². The minimum atomic E-state index is -0.307. The van der Waals surface area contributed by atoms with Crippen molar-refractivity contribution < 1.29 is 14.0 Å². The highest BCUT2D eigenvalue weighted by Crippen LogP contribution is 2.65. The Labute approximate surface area is 127 Å². The summed E-state index contributed by atoms with van der Waals surface area (Å²) in [5.41, 5.74) is 0.798. The zero-order chi connectivity index (χ0) is 15.0. The van der Waals surface area contributed by atoms with E-state index in [9.17, 15) is 14.0 Å². The summed E-state index contributed by atoms with van der Waals surface area (Å²) in [6, 6.07) is 6.02. The topological polar surface area (TPSA) is 37.4 Å². The number of hydrogen-bond donors (Lipinski definition) is 0. The number of nitrogens with zero attached hydrogens (tertiary/aromatic N) is 1. The first-order valence-corrected chi connectivity index (χ1v) is 7.93. The molecule has 0 spiro atoms. The van der Waals surface area contributed by atoms with Crippen LogP contribution in [0.3, 0.4) is 0 Å². The van der Waals surface area contributed by atoms with E-state index in [4.69, 9.17) is 0 Å². The summed E-state index contributed by atoms with van der Waals surface area (Å²) in [6.07, 6.45) is 5.52. The second kappa shape index (κ2) is 4.06. The SMILES string of the molecule is O=C1[C@@H]2[C@H]3C=C[C@@H]([C@@H]4C[C@H]34)[C@@H]2C(=O)N1Cc1ccc(F)cc1. The summed E-state index contributed by atoms with van der Waals surface area (Å²) in [6.45, 7) is 0.264. The van der Waals surface area contributed by atoms with Crippen molar-refractivity contribution in [2.24, 2.45) is 35.5 Å². The van der Waals surface area contributed by atoms with Crippen LogP contribution >= 0.6 is 0 Å². The van der Waals surface area contributed by atoms with Crippen molar-refractivity contribution in [3.63, 3.8) is 0 Å². The van der Waals surface area contributed by atoms with Crippen LogP contribution in [-0.4, -0.2) is 16.7 Å². The first kappa shape index (κ1) is 12.6. The Morgan fingerprint density at radius 3 is 2.05 bits per heavy atom. The first-order valence-electron chi connectivity index (χ1n) is 7.93. The van der Waals surface area contributed by atoms with Crippen molar-refractivity contribution in [1.82, 2.24) is 4.90 Å². The molecule has 22 heavy (non-hydrogen) atoms. The van der Waals surface area contributed by atoms with Crippen molar-refractivity contribution in [3.05, 3.63) is 47.8 Å². The van der Waals surface area contributed by atoms with Crippen LogP contribution in [-0.2, 0) is 16.1 Å². The number of halogens is 1. The maximum Gasteiger partial charge on any atom is 0.234 e. The molecule has 2 bridgehead atoms. The Kier molecular flexibility index (Phi) is 2.32. The summed E-state index contributed by atoms with van der Waals surface area (Å²) < 4.78 is 13.0. The Hall–Kier alpha value is -1.97. The monoisotopic (exact) mass is 297 g/mol. The predicted molar refractivity (Wildman–Crippen MR) is 76.7 cm³/mol. The zero-order valence-electron chi connectivity index (χ0n) is 12.0. The highest BCUT2D eigenvalue weighted by atomic mass is 19.1. The average molecular weight is 297 g/mol. The fraction of sp³-hybridized carbons (Fsp3) is 0.444. The van der Waals surface area contributed by atoms with Crippen LogP contribution in [0.5, 0.6) is 0 Å². The number of rotatable bonds is 2. The molecule has 0 aromatic heterocycles. The molecule has 1 heterocycles. The van der Waals surface area contributed by atoms with E-state index in [2.05, 4.69) is 12.2 Å². The lowest BCUT2D eigenvalue weighted by Gasteiger charge is -2.37. The molecule has 112 valence electrons. The van der Waals surface area contributed by atoms with Gasteiger partial charge in [-0.1, -0.05) is 24.3 Å². The Bertz CT molecular complexity index is 674. The Morgan fingerprint density at radius 2 is 1.50 bits per heavy atom. The molecule has 4 aliphatic carbocycles. The second-order valence-electron chi connectivity index (χ2n) is 7.04. The minimum Gasteiger partial charge on any atom is -0.278 e. The van der Waals surface area contributed by atoms with Crippen molar-refractivity contribution in [3.8, 4) is 0 Å². The van der Waals surface area contributed by atoms with Gasteiger partial charge in [-0.25, -0.2) is 4.39 Å². The predicted octanol–water partition coefficient (Wildman–Crippen LogP) is 2.38. The van der Waals surface area contributed by atoms with Crippen LogP contribution in [0, 0.1) is 41.3 Å². The zero-order valence-corrected chi connectivity index (χ0v) is 12.0. The molecule has 5 aliphatic rings. The van der Waals surface area contributed by atoms with Gasteiger partial charge in [0.2, 0.25) is 11.8 Å². The van der Waals surface area contributed by atoms with Gasteiger partial charge < -0.3 is 0 Å². The van der Waals surface area contributed by atoms with Crippen molar-refractivity contribution in [2.45, 2.75) is 13.0 Å². The van der Waals surface area contributed by atoms with Gasteiger partial charge in [0, 0.05) is 0 Å². The molecule has 1 saturated heterocycles. The van der Waals surface area contributed by atoms with Gasteiger partial charge in [0.1, 0.15) is 5.82 Å². The summed E-state index contributed by atoms with van der Waals surface area (Å²) in [5, 5.41) is 0. The molecular formula is C18H16FNO2. The molecule has 1 aromatic carbocycles. The highest BCUT2D eigenvalue weighted by Gasteiger charge is 2.66. The van der Waals surface area contributed by atoms with Crippen LogP contribution in [0.25, 0.3) is 0 Å². The van der Waals surface area contributed by atoms with Crippen LogP contribution in [0.15, 0.2) is 36.4 Å². The molecule has 2 saturated carbocycles. The maximum atomic E-state index is 13.0. The van der Waals surface area contributed by atoms with Gasteiger partial charge in [0.15, 0.2) is 0 Å². The largest absolute Gasteiger partial charge is 0.278 e. The number of likely N-dealkylation sites (tertiary alicyclic amines) is 1. The van der Waals surface area contributed by atoms with E-state index in [-0.39, 0.29) is 47.8 Å².